The van der Waals surface area contributed by atoms with Gasteiger partial charge >= 0.3 is 11.8 Å². The first-order valence-corrected chi connectivity index (χ1v) is 10.5. The Bertz CT molecular complexity index is 1010. The Labute approximate surface area is 193 Å². The van der Waals surface area contributed by atoms with Crippen LogP contribution in [0.3, 0.4) is 0 Å². The molecule has 1 aliphatic heterocycles. The number of benzene rings is 1. The standard InChI is InChI=1S/C21H26F2N4O7/c1-10(2)19(31)24-14-15(27-8-12(25-26-27)11-6-4-3-5-7-11)18(22)21(23,20(32)33)34-17(14)16(30)13(29)9-28/h3-8,10,13-18,28-30H,9H2,1-2H3,(H,24,31)(H,32,33)/t13-,14?,15?,16-,17?,18?,21?/m1/s1. The van der Waals surface area contributed by atoms with Crippen molar-refractivity contribution < 1.29 is 43.5 Å². The highest BCUT2D eigenvalue weighted by atomic mass is 19.2. The van der Waals surface area contributed by atoms with Gasteiger partial charge < -0.3 is 30.5 Å². The van der Waals surface area contributed by atoms with Crippen molar-refractivity contribution in [2.75, 3.05) is 6.61 Å². The molecule has 0 aliphatic carbocycles. The first kappa shape index (κ1) is 25.6. The second-order valence-corrected chi connectivity index (χ2v) is 8.30. The molecule has 1 aliphatic rings. The Balaban J connectivity index is 2.13. The average molecular weight is 484 g/mol. The van der Waals surface area contributed by atoms with Crippen molar-refractivity contribution in [1.82, 2.24) is 20.3 Å². The van der Waals surface area contributed by atoms with Crippen molar-refractivity contribution in [2.45, 2.75) is 56.3 Å². The lowest BCUT2D eigenvalue weighted by Crippen LogP contribution is -2.69. The second-order valence-electron chi connectivity index (χ2n) is 8.30. The molecule has 2 aromatic rings. The van der Waals surface area contributed by atoms with E-state index in [2.05, 4.69) is 15.6 Å². The zero-order valence-electron chi connectivity index (χ0n) is 18.3. The third kappa shape index (κ3) is 4.78. The number of aliphatic hydroxyl groups excluding tert-OH is 3. The molecule has 7 atom stereocenters. The van der Waals surface area contributed by atoms with Crippen LogP contribution in [-0.4, -0.2) is 90.3 Å². The molecule has 1 aromatic heterocycles. The second kappa shape index (κ2) is 10.1. The van der Waals surface area contributed by atoms with Crippen molar-refractivity contribution in [3.63, 3.8) is 0 Å². The normalized spacial score (nSPS) is 28.9. The maximum Gasteiger partial charge on any atom is 0.372 e. The quantitative estimate of drug-likeness (QED) is 0.342. The van der Waals surface area contributed by atoms with Crippen molar-refractivity contribution in [3.05, 3.63) is 36.5 Å². The molecular formula is C21H26F2N4O7. The molecule has 0 bridgehead atoms. The third-order valence-electron chi connectivity index (χ3n) is 5.61. The molecule has 3 rings (SSSR count). The van der Waals surface area contributed by atoms with E-state index in [1.807, 2.05) is 0 Å². The average Bonchev–Trinajstić information content (AvgIpc) is 3.30. The smallest absolute Gasteiger partial charge is 0.372 e. The fourth-order valence-corrected chi connectivity index (χ4v) is 3.67. The number of nitrogens with one attached hydrogen (secondary N) is 1. The summed E-state index contributed by atoms with van der Waals surface area (Å²) in [6.07, 6.45) is -7.66. The van der Waals surface area contributed by atoms with E-state index in [0.717, 1.165) is 4.68 Å². The molecular weight excluding hydrogens is 458 g/mol. The van der Waals surface area contributed by atoms with Crippen LogP contribution >= 0.6 is 0 Å². The molecule has 186 valence electrons. The van der Waals surface area contributed by atoms with E-state index in [-0.39, 0.29) is 5.69 Å². The molecule has 2 heterocycles. The first-order chi connectivity index (χ1) is 16.0. The van der Waals surface area contributed by atoms with Gasteiger partial charge in [-0.1, -0.05) is 49.4 Å². The predicted molar refractivity (Wildman–Crippen MR) is 112 cm³/mol. The van der Waals surface area contributed by atoms with Gasteiger partial charge in [-0.05, 0) is 0 Å². The Morgan fingerprint density at radius 1 is 1.26 bits per heavy atom. The number of carboxylic acid groups (broad SMARTS) is 1. The summed E-state index contributed by atoms with van der Waals surface area (Å²) in [5, 5.41) is 49.2. The van der Waals surface area contributed by atoms with Gasteiger partial charge in [0, 0.05) is 11.5 Å². The van der Waals surface area contributed by atoms with Crippen molar-refractivity contribution in [3.8, 4) is 11.3 Å². The van der Waals surface area contributed by atoms with Crippen LogP contribution in [0.1, 0.15) is 19.9 Å². The summed E-state index contributed by atoms with van der Waals surface area (Å²) in [7, 11) is 0. The molecule has 0 radical (unpaired) electrons. The van der Waals surface area contributed by atoms with Gasteiger partial charge in [0.05, 0.1) is 18.8 Å². The summed E-state index contributed by atoms with van der Waals surface area (Å²) in [5.41, 5.74) is 0.830. The number of rotatable bonds is 8. The van der Waals surface area contributed by atoms with Gasteiger partial charge in [-0.2, -0.15) is 4.39 Å². The molecule has 13 heteroatoms. The van der Waals surface area contributed by atoms with Gasteiger partial charge in [-0.3, -0.25) is 4.79 Å². The third-order valence-corrected chi connectivity index (χ3v) is 5.61. The van der Waals surface area contributed by atoms with Crippen LogP contribution in [0.15, 0.2) is 36.5 Å². The van der Waals surface area contributed by atoms with Crippen LogP contribution in [0, 0.1) is 5.92 Å². The number of hydrogen-bond acceptors (Lipinski definition) is 8. The number of aromatic nitrogens is 3. The Hall–Kier alpha value is -3.00. The molecule has 1 saturated heterocycles. The molecule has 1 aromatic carbocycles. The van der Waals surface area contributed by atoms with E-state index in [4.69, 9.17) is 4.74 Å². The Kier molecular flexibility index (Phi) is 7.60. The van der Waals surface area contributed by atoms with E-state index < -0.39 is 66.8 Å². The van der Waals surface area contributed by atoms with Gasteiger partial charge in [0.2, 0.25) is 5.91 Å². The van der Waals surface area contributed by atoms with Gasteiger partial charge in [-0.15, -0.1) is 5.10 Å². The van der Waals surface area contributed by atoms with Crippen LogP contribution in [0.25, 0.3) is 11.3 Å². The topological polar surface area (TPSA) is 167 Å². The summed E-state index contributed by atoms with van der Waals surface area (Å²) in [6, 6.07) is 5.10. The van der Waals surface area contributed by atoms with Gasteiger partial charge in [-0.25, -0.2) is 13.9 Å². The van der Waals surface area contributed by atoms with Crippen LogP contribution in [0.2, 0.25) is 0 Å². The number of amides is 1. The van der Waals surface area contributed by atoms with Crippen LogP contribution in [-0.2, 0) is 14.3 Å². The summed E-state index contributed by atoms with van der Waals surface area (Å²) in [6.45, 7) is 2.05. The molecule has 1 fully saturated rings. The number of carbonyl (C=O) groups excluding carboxylic acids is 1. The highest BCUT2D eigenvalue weighted by Gasteiger charge is 2.64. The number of carbonyl (C=O) groups is 2. The molecule has 5 unspecified atom stereocenters. The fraction of sp³-hybridized carbons (Fsp3) is 0.524. The van der Waals surface area contributed by atoms with E-state index in [1.165, 1.54) is 20.0 Å². The van der Waals surface area contributed by atoms with E-state index in [1.54, 1.807) is 30.3 Å². The van der Waals surface area contributed by atoms with Crippen molar-refractivity contribution in [1.29, 1.82) is 0 Å². The molecule has 0 saturated carbocycles. The Morgan fingerprint density at radius 2 is 1.91 bits per heavy atom. The van der Waals surface area contributed by atoms with Gasteiger partial charge in [0.25, 0.3) is 0 Å². The zero-order valence-corrected chi connectivity index (χ0v) is 18.3. The number of hydrogen-bond donors (Lipinski definition) is 5. The highest BCUT2D eigenvalue weighted by Crippen LogP contribution is 2.41. The number of aliphatic carboxylic acids is 1. The zero-order chi connectivity index (χ0) is 25.2. The highest BCUT2D eigenvalue weighted by molar-refractivity contribution is 5.79. The number of nitrogens with zero attached hydrogens (tertiary/aromatic N) is 3. The predicted octanol–water partition coefficient (Wildman–Crippen LogP) is -0.172. The minimum atomic E-state index is -3.97. The molecule has 5 N–H and O–H groups in total. The minimum Gasteiger partial charge on any atom is -0.477 e. The van der Waals surface area contributed by atoms with Crippen LogP contribution in [0.4, 0.5) is 8.78 Å². The number of alkyl halides is 2. The lowest BCUT2D eigenvalue weighted by molar-refractivity contribution is -0.283. The minimum absolute atomic E-state index is 0.250. The monoisotopic (exact) mass is 484 g/mol. The fourth-order valence-electron chi connectivity index (χ4n) is 3.67. The maximum atomic E-state index is 15.6. The number of halogens is 2. The van der Waals surface area contributed by atoms with E-state index in [0.29, 0.717) is 5.56 Å². The number of aliphatic hydroxyl groups is 3. The summed E-state index contributed by atoms with van der Waals surface area (Å²) in [5.74, 6) is -7.57. The number of ether oxygens (including phenoxy) is 1. The van der Waals surface area contributed by atoms with Gasteiger partial charge in [0.15, 0.2) is 6.17 Å². The lowest BCUT2D eigenvalue weighted by atomic mass is 9.85. The lowest BCUT2D eigenvalue weighted by Gasteiger charge is -2.47. The van der Waals surface area contributed by atoms with Crippen LogP contribution in [0.5, 0.6) is 0 Å². The maximum absolute atomic E-state index is 15.6. The van der Waals surface area contributed by atoms with Crippen molar-refractivity contribution in [2.24, 2.45) is 5.92 Å². The largest absolute Gasteiger partial charge is 0.477 e. The van der Waals surface area contributed by atoms with Crippen molar-refractivity contribution >= 4 is 11.9 Å². The summed E-state index contributed by atoms with van der Waals surface area (Å²) in [4.78, 5) is 24.2. The van der Waals surface area contributed by atoms with E-state index >= 15 is 8.78 Å². The number of carboxylic acids is 1. The first-order valence-electron chi connectivity index (χ1n) is 10.5. The molecule has 11 nitrogen and oxygen atoms in total. The summed E-state index contributed by atoms with van der Waals surface area (Å²) >= 11 is 0. The van der Waals surface area contributed by atoms with Gasteiger partial charge in [0.1, 0.15) is 30.0 Å². The molecule has 1 amide bonds. The van der Waals surface area contributed by atoms with Crippen LogP contribution < -0.4 is 5.32 Å². The molecule has 34 heavy (non-hydrogen) atoms. The Morgan fingerprint density at radius 3 is 2.47 bits per heavy atom. The molecule has 0 spiro atoms. The van der Waals surface area contributed by atoms with E-state index in [9.17, 15) is 30.0 Å². The summed E-state index contributed by atoms with van der Waals surface area (Å²) < 4.78 is 36.6. The SMILES string of the molecule is CC(C)C(=O)NC1C([C@H](O)[C@H](O)CO)OC(F)(C(=O)O)C(F)C1n1cc(-c2ccccc2)nn1.